The van der Waals surface area contributed by atoms with E-state index in [-0.39, 0.29) is 29.4 Å². The van der Waals surface area contributed by atoms with E-state index in [9.17, 15) is 14.9 Å². The van der Waals surface area contributed by atoms with Gasteiger partial charge in [0.25, 0.3) is 0 Å². The van der Waals surface area contributed by atoms with Crippen LogP contribution in [0.5, 0.6) is 0 Å². The number of esters is 1. The topological polar surface area (TPSA) is 112 Å². The van der Waals surface area contributed by atoms with Crippen LogP contribution in [0.1, 0.15) is 29.8 Å². The minimum Gasteiger partial charge on any atom is -0.462 e. The molecule has 0 bridgehead atoms. The van der Waals surface area contributed by atoms with Crippen molar-refractivity contribution in [2.24, 2.45) is 11.1 Å². The monoisotopic (exact) mass is 338 g/mol. The van der Waals surface area contributed by atoms with Gasteiger partial charge in [0.1, 0.15) is 23.0 Å². The number of hydrogen-bond donors (Lipinski definition) is 1. The summed E-state index contributed by atoms with van der Waals surface area (Å²) < 4.78 is 16.8. The van der Waals surface area contributed by atoms with Crippen molar-refractivity contribution in [3.05, 3.63) is 58.2 Å². The molecule has 0 saturated heterocycles. The molecule has 3 aliphatic rings. The van der Waals surface area contributed by atoms with Crippen molar-refractivity contribution < 1.29 is 23.8 Å². The molecule has 1 aromatic carbocycles. The van der Waals surface area contributed by atoms with E-state index in [2.05, 4.69) is 0 Å². The van der Waals surface area contributed by atoms with Crippen LogP contribution in [0.4, 0.5) is 0 Å². The number of nitrogens with zero attached hydrogens (tertiary/aromatic N) is 1. The highest BCUT2D eigenvalue weighted by atomic mass is 16.7. The van der Waals surface area contributed by atoms with Crippen molar-refractivity contribution in [2.45, 2.75) is 19.6 Å². The van der Waals surface area contributed by atoms with Gasteiger partial charge in [0.15, 0.2) is 11.2 Å². The number of hydrogen-bond acceptors (Lipinski definition) is 7. The molecule has 25 heavy (non-hydrogen) atoms. The molecule has 0 fully saturated rings. The van der Waals surface area contributed by atoms with Crippen LogP contribution in [-0.2, 0) is 24.8 Å². The Bertz CT molecular complexity index is 954. The maximum atomic E-state index is 13.4. The van der Waals surface area contributed by atoms with Crippen LogP contribution in [0.25, 0.3) is 0 Å². The number of carbonyl (C=O) groups is 2. The van der Waals surface area contributed by atoms with Gasteiger partial charge in [-0.15, -0.1) is 0 Å². The molecule has 2 atom stereocenters. The number of rotatable bonds is 2. The Morgan fingerprint density at radius 3 is 2.76 bits per heavy atom. The lowest BCUT2D eigenvalue weighted by Gasteiger charge is -2.31. The smallest absolute Gasteiger partial charge is 0.339 e. The van der Waals surface area contributed by atoms with E-state index in [1.807, 2.05) is 6.07 Å². The second kappa shape index (κ2) is 4.63. The zero-order chi connectivity index (χ0) is 18.0. The fraction of sp³-hybridized carbons (Fsp3) is 0.278. The first-order chi connectivity index (χ1) is 12.0. The number of fused-ring (bicyclic) bond motifs is 1. The average molecular weight is 338 g/mol. The number of Topliss-reactive ketones (excluding diaryl/α,β-unsaturated/α-hetero) is 1. The maximum absolute atomic E-state index is 13.4. The minimum absolute atomic E-state index is 0.0347. The quantitative estimate of drug-likeness (QED) is 0.815. The highest BCUT2D eigenvalue weighted by Gasteiger charge is 2.80. The molecule has 2 aliphatic heterocycles. The van der Waals surface area contributed by atoms with Gasteiger partial charge in [-0.3, -0.25) is 4.79 Å². The zero-order valence-electron chi connectivity index (χ0n) is 13.6. The number of ether oxygens (including phenoxy) is 3. The largest absolute Gasteiger partial charge is 0.462 e. The van der Waals surface area contributed by atoms with Crippen LogP contribution in [0.15, 0.2) is 47.1 Å². The first-order valence-electron chi connectivity index (χ1n) is 7.76. The summed E-state index contributed by atoms with van der Waals surface area (Å²) >= 11 is 0. The number of ketones is 1. The summed E-state index contributed by atoms with van der Waals surface area (Å²) in [4.78, 5) is 26.1. The molecule has 4 rings (SSSR count). The molecule has 0 amide bonds. The molecule has 2 heterocycles. The van der Waals surface area contributed by atoms with Gasteiger partial charge in [0, 0.05) is 11.1 Å². The molecule has 1 aromatic rings. The summed E-state index contributed by atoms with van der Waals surface area (Å²) in [5.41, 5.74) is 4.72. The lowest BCUT2D eigenvalue weighted by Crippen LogP contribution is -2.45. The summed E-state index contributed by atoms with van der Waals surface area (Å²) in [6, 6.07) is 8.64. The molecular formula is C18H14N2O5. The van der Waals surface area contributed by atoms with Crippen molar-refractivity contribution in [1.82, 2.24) is 0 Å². The third kappa shape index (κ3) is 1.41. The average Bonchev–Trinajstić information content (AvgIpc) is 3.05. The molecular weight excluding hydrogens is 324 g/mol. The van der Waals surface area contributed by atoms with E-state index in [1.54, 1.807) is 38.1 Å². The fourth-order valence-electron chi connectivity index (χ4n) is 4.05. The highest BCUT2D eigenvalue weighted by molar-refractivity contribution is 6.16. The maximum Gasteiger partial charge on any atom is 0.339 e. The molecule has 7 nitrogen and oxygen atoms in total. The van der Waals surface area contributed by atoms with Crippen LogP contribution in [-0.4, -0.2) is 18.4 Å². The predicted molar refractivity (Wildman–Crippen MR) is 83.2 cm³/mol. The molecule has 0 radical (unpaired) electrons. The SMILES string of the molecule is CCOC(=O)C1=C(C)O[C@]23OC(N)=C(C#N)[C@@]12C(=O)c1ccccc13. The van der Waals surface area contributed by atoms with Crippen LogP contribution >= 0.6 is 0 Å². The Balaban J connectivity index is 2.09. The van der Waals surface area contributed by atoms with Gasteiger partial charge in [0.2, 0.25) is 5.88 Å². The second-order valence-corrected chi connectivity index (χ2v) is 5.95. The number of nitriles is 1. The molecule has 0 unspecified atom stereocenters. The molecule has 7 heteroatoms. The van der Waals surface area contributed by atoms with Crippen LogP contribution in [0, 0.1) is 16.7 Å². The van der Waals surface area contributed by atoms with Gasteiger partial charge in [0.05, 0.1) is 6.61 Å². The van der Waals surface area contributed by atoms with Crippen LogP contribution in [0.2, 0.25) is 0 Å². The molecule has 2 N–H and O–H groups in total. The second-order valence-electron chi connectivity index (χ2n) is 5.95. The Labute approximate surface area is 143 Å². The first-order valence-corrected chi connectivity index (χ1v) is 7.76. The molecule has 1 aliphatic carbocycles. The van der Waals surface area contributed by atoms with Crippen LogP contribution in [0.3, 0.4) is 0 Å². The lowest BCUT2D eigenvalue weighted by atomic mass is 9.69. The number of carbonyl (C=O) groups excluding carboxylic acids is 2. The Morgan fingerprint density at radius 1 is 1.36 bits per heavy atom. The van der Waals surface area contributed by atoms with Crippen LogP contribution < -0.4 is 5.73 Å². The standard InChI is InChI=1S/C18H14N2O5/c1-3-23-16(22)13-9(2)24-18-11-7-5-4-6-10(11)14(21)17(13,18)12(8-19)15(20)25-18/h4-7H,3,20H2,1-2H3/t17-,18+/m0/s1. The molecule has 0 saturated carbocycles. The van der Waals surface area contributed by atoms with E-state index in [1.165, 1.54) is 0 Å². The molecule has 126 valence electrons. The van der Waals surface area contributed by atoms with E-state index in [0.29, 0.717) is 11.1 Å². The predicted octanol–water partition coefficient (Wildman–Crippen LogP) is 1.61. The summed E-state index contributed by atoms with van der Waals surface area (Å²) in [7, 11) is 0. The fourth-order valence-corrected chi connectivity index (χ4v) is 4.05. The van der Waals surface area contributed by atoms with Gasteiger partial charge in [-0.25, -0.2) is 4.79 Å². The van der Waals surface area contributed by atoms with Crippen molar-refractivity contribution in [3.8, 4) is 6.07 Å². The van der Waals surface area contributed by atoms with E-state index in [0.717, 1.165) is 0 Å². The van der Waals surface area contributed by atoms with Gasteiger partial charge < -0.3 is 19.9 Å². The number of nitrogens with two attached hydrogens (primary N) is 1. The highest BCUT2D eigenvalue weighted by Crippen LogP contribution is 2.69. The van der Waals surface area contributed by atoms with Crippen molar-refractivity contribution in [3.63, 3.8) is 0 Å². The Morgan fingerprint density at radius 2 is 2.08 bits per heavy atom. The summed E-state index contributed by atoms with van der Waals surface area (Å²) in [5.74, 6) is -2.91. The molecule has 0 spiro atoms. The van der Waals surface area contributed by atoms with E-state index in [4.69, 9.17) is 19.9 Å². The normalized spacial score (nSPS) is 28.8. The molecule has 0 aromatic heterocycles. The Kier molecular flexibility index (Phi) is 2.83. The Hall–Kier alpha value is -3.27. The van der Waals surface area contributed by atoms with Crippen molar-refractivity contribution in [1.29, 1.82) is 5.26 Å². The van der Waals surface area contributed by atoms with Gasteiger partial charge >= 0.3 is 11.8 Å². The van der Waals surface area contributed by atoms with Gasteiger partial charge in [-0.1, -0.05) is 24.3 Å². The third-order valence-corrected chi connectivity index (χ3v) is 4.85. The van der Waals surface area contributed by atoms with Crippen molar-refractivity contribution >= 4 is 11.8 Å². The first kappa shape index (κ1) is 15.3. The van der Waals surface area contributed by atoms with E-state index < -0.39 is 23.0 Å². The van der Waals surface area contributed by atoms with Gasteiger partial charge in [-0.05, 0) is 13.8 Å². The summed E-state index contributed by atoms with van der Waals surface area (Å²) in [6.45, 7) is 3.31. The van der Waals surface area contributed by atoms with Gasteiger partial charge in [-0.2, -0.15) is 5.26 Å². The van der Waals surface area contributed by atoms with Crippen molar-refractivity contribution in [2.75, 3.05) is 6.61 Å². The van der Waals surface area contributed by atoms with E-state index >= 15 is 0 Å². The number of allylic oxidation sites excluding steroid dienone is 1. The minimum atomic E-state index is -1.77. The number of benzene rings is 1. The lowest BCUT2D eigenvalue weighted by molar-refractivity contribution is -0.199. The summed E-state index contributed by atoms with van der Waals surface area (Å²) in [6.07, 6.45) is 0. The third-order valence-electron chi connectivity index (χ3n) is 4.85. The summed E-state index contributed by atoms with van der Waals surface area (Å²) in [5, 5.41) is 9.68. The zero-order valence-corrected chi connectivity index (χ0v) is 13.6.